The van der Waals surface area contributed by atoms with Crippen LogP contribution >= 0.6 is 11.6 Å². The lowest BCUT2D eigenvalue weighted by molar-refractivity contribution is 0.0993. The molecule has 2 heterocycles. The molecule has 0 radical (unpaired) electrons. The molecule has 0 aliphatic rings. The standard InChI is InChI=1S/C17H15ClN6O2/c1-9-16(26-8-12-7-21-22-15(12)17(20)25)10(2)24(23-9)13-4-3-11(6-19)14(18)5-13/h3-5,7H,8H2,1-2H3,(H2,20,25)(H,21,22). The van der Waals surface area contributed by atoms with Crippen LogP contribution in [0.2, 0.25) is 5.02 Å². The zero-order valence-electron chi connectivity index (χ0n) is 14.1. The van der Waals surface area contributed by atoms with Crippen molar-refractivity contribution in [3.8, 4) is 17.5 Å². The van der Waals surface area contributed by atoms with Crippen molar-refractivity contribution in [3.05, 3.63) is 57.6 Å². The number of amides is 1. The number of H-pyrrole nitrogens is 1. The number of carbonyl (C=O) groups excluding carboxylic acids is 1. The van der Waals surface area contributed by atoms with Crippen LogP contribution in [0.1, 0.15) is 33.0 Å². The number of aromatic amines is 1. The topological polar surface area (TPSA) is 123 Å². The van der Waals surface area contributed by atoms with Crippen LogP contribution in [0.4, 0.5) is 0 Å². The molecule has 0 unspecified atom stereocenters. The van der Waals surface area contributed by atoms with Crippen molar-refractivity contribution < 1.29 is 9.53 Å². The van der Waals surface area contributed by atoms with Crippen molar-refractivity contribution in [3.63, 3.8) is 0 Å². The van der Waals surface area contributed by atoms with E-state index >= 15 is 0 Å². The largest absolute Gasteiger partial charge is 0.485 e. The number of nitrogens with one attached hydrogen (secondary N) is 1. The number of rotatable bonds is 5. The predicted molar refractivity (Wildman–Crippen MR) is 94.2 cm³/mol. The lowest BCUT2D eigenvalue weighted by Gasteiger charge is -2.08. The van der Waals surface area contributed by atoms with Gasteiger partial charge in [0.2, 0.25) is 0 Å². The molecule has 0 fully saturated rings. The second-order valence-electron chi connectivity index (χ2n) is 5.61. The predicted octanol–water partition coefficient (Wildman–Crippen LogP) is 2.42. The zero-order valence-corrected chi connectivity index (χ0v) is 14.8. The Balaban J connectivity index is 1.89. The number of hydrogen-bond donors (Lipinski definition) is 2. The van der Waals surface area contributed by atoms with Crippen molar-refractivity contribution in [2.24, 2.45) is 5.73 Å². The highest BCUT2D eigenvalue weighted by molar-refractivity contribution is 6.31. The third kappa shape index (κ3) is 3.12. The number of hydrogen-bond acceptors (Lipinski definition) is 5. The molecule has 132 valence electrons. The number of ether oxygens (including phenoxy) is 1. The Kier molecular flexibility index (Phi) is 4.65. The Hall–Kier alpha value is -3.31. The monoisotopic (exact) mass is 370 g/mol. The summed E-state index contributed by atoms with van der Waals surface area (Å²) in [5.41, 5.74) is 8.60. The van der Waals surface area contributed by atoms with Gasteiger partial charge in [0, 0.05) is 5.56 Å². The minimum atomic E-state index is -0.600. The van der Waals surface area contributed by atoms with Crippen LogP contribution in [0.5, 0.6) is 5.75 Å². The maximum atomic E-state index is 11.3. The van der Waals surface area contributed by atoms with E-state index < -0.39 is 5.91 Å². The Morgan fingerprint density at radius 1 is 1.46 bits per heavy atom. The van der Waals surface area contributed by atoms with Crippen LogP contribution in [0.3, 0.4) is 0 Å². The van der Waals surface area contributed by atoms with Crippen molar-refractivity contribution in [2.45, 2.75) is 20.5 Å². The summed E-state index contributed by atoms with van der Waals surface area (Å²) in [7, 11) is 0. The highest BCUT2D eigenvalue weighted by Crippen LogP contribution is 2.28. The van der Waals surface area contributed by atoms with Gasteiger partial charge in [-0.15, -0.1) is 0 Å². The minimum absolute atomic E-state index is 0.121. The van der Waals surface area contributed by atoms with Crippen LogP contribution < -0.4 is 10.5 Å². The highest BCUT2D eigenvalue weighted by atomic mass is 35.5. The summed E-state index contributed by atoms with van der Waals surface area (Å²) in [5, 5.41) is 20.2. The molecular formula is C17H15ClN6O2. The highest BCUT2D eigenvalue weighted by Gasteiger charge is 2.17. The Morgan fingerprint density at radius 3 is 2.88 bits per heavy atom. The molecule has 0 aliphatic carbocycles. The van der Waals surface area contributed by atoms with E-state index in [2.05, 4.69) is 15.3 Å². The molecule has 0 bridgehead atoms. The molecule has 8 nitrogen and oxygen atoms in total. The number of nitrogens with zero attached hydrogens (tertiary/aromatic N) is 4. The van der Waals surface area contributed by atoms with Gasteiger partial charge in [0.15, 0.2) is 5.75 Å². The maximum absolute atomic E-state index is 11.3. The van der Waals surface area contributed by atoms with Gasteiger partial charge in [-0.25, -0.2) is 4.68 Å². The molecule has 1 amide bonds. The van der Waals surface area contributed by atoms with E-state index in [1.807, 2.05) is 19.9 Å². The van der Waals surface area contributed by atoms with Gasteiger partial charge in [0.05, 0.1) is 28.2 Å². The molecule has 0 atom stereocenters. The number of benzene rings is 1. The number of nitrogens with two attached hydrogens (primary N) is 1. The fraction of sp³-hybridized carbons (Fsp3) is 0.176. The van der Waals surface area contributed by atoms with Crippen LogP contribution in [-0.2, 0) is 6.61 Å². The first kappa shape index (κ1) is 17.5. The lowest BCUT2D eigenvalue weighted by Crippen LogP contribution is -2.14. The van der Waals surface area contributed by atoms with Crippen molar-refractivity contribution >= 4 is 17.5 Å². The third-order valence-electron chi connectivity index (χ3n) is 3.88. The Bertz CT molecular complexity index is 1030. The quantitative estimate of drug-likeness (QED) is 0.713. The maximum Gasteiger partial charge on any atom is 0.267 e. The second kappa shape index (κ2) is 6.90. The molecule has 3 rings (SSSR count). The van der Waals surface area contributed by atoms with Gasteiger partial charge in [-0.3, -0.25) is 9.89 Å². The van der Waals surface area contributed by atoms with Gasteiger partial charge in [0.1, 0.15) is 24.1 Å². The van der Waals surface area contributed by atoms with Crippen molar-refractivity contribution in [2.75, 3.05) is 0 Å². The first-order chi connectivity index (χ1) is 12.4. The summed E-state index contributed by atoms with van der Waals surface area (Å²) in [5.74, 6) is -0.0143. The number of aromatic nitrogens is 4. The van der Waals surface area contributed by atoms with Gasteiger partial charge in [-0.2, -0.15) is 15.5 Å². The summed E-state index contributed by atoms with van der Waals surface area (Å²) in [6.45, 7) is 3.79. The molecule has 3 N–H and O–H groups in total. The number of halogens is 1. The second-order valence-corrected chi connectivity index (χ2v) is 6.02. The van der Waals surface area contributed by atoms with Gasteiger partial charge in [-0.05, 0) is 32.0 Å². The number of primary amides is 1. The molecule has 3 aromatic rings. The Labute approximate surface area is 154 Å². The summed E-state index contributed by atoms with van der Waals surface area (Å²) in [4.78, 5) is 11.3. The molecule has 2 aromatic heterocycles. The molecule has 1 aromatic carbocycles. The van der Waals surface area contributed by atoms with Crippen LogP contribution in [-0.4, -0.2) is 25.9 Å². The van der Waals surface area contributed by atoms with E-state index in [0.29, 0.717) is 33.3 Å². The normalized spacial score (nSPS) is 10.5. The average molecular weight is 371 g/mol. The van der Waals surface area contributed by atoms with Gasteiger partial charge >= 0.3 is 0 Å². The summed E-state index contributed by atoms with van der Waals surface area (Å²) in [6, 6.07) is 7.09. The van der Waals surface area contributed by atoms with Crippen LogP contribution in [0, 0.1) is 25.2 Å². The summed E-state index contributed by atoms with van der Waals surface area (Å²) in [6.07, 6.45) is 1.50. The fourth-order valence-corrected chi connectivity index (χ4v) is 2.82. The molecule has 0 saturated carbocycles. The molecular weight excluding hydrogens is 356 g/mol. The van der Waals surface area contributed by atoms with E-state index in [1.54, 1.807) is 22.9 Å². The molecule has 26 heavy (non-hydrogen) atoms. The van der Waals surface area contributed by atoms with Gasteiger partial charge in [-0.1, -0.05) is 11.6 Å². The fourth-order valence-electron chi connectivity index (χ4n) is 2.60. The number of aryl methyl sites for hydroxylation is 1. The number of nitriles is 1. The van der Waals surface area contributed by atoms with E-state index in [9.17, 15) is 4.79 Å². The first-order valence-corrected chi connectivity index (χ1v) is 8.01. The first-order valence-electron chi connectivity index (χ1n) is 7.63. The molecule has 0 spiro atoms. The van der Waals surface area contributed by atoms with Gasteiger partial charge < -0.3 is 10.5 Å². The van der Waals surface area contributed by atoms with Crippen LogP contribution in [0.15, 0.2) is 24.4 Å². The average Bonchev–Trinajstić information content (AvgIpc) is 3.18. The SMILES string of the molecule is Cc1nn(-c2ccc(C#N)c(Cl)c2)c(C)c1OCc1cn[nH]c1C(N)=O. The smallest absolute Gasteiger partial charge is 0.267 e. The third-order valence-corrected chi connectivity index (χ3v) is 4.19. The molecule has 0 aliphatic heterocycles. The summed E-state index contributed by atoms with van der Waals surface area (Å²) < 4.78 is 7.53. The van der Waals surface area contributed by atoms with Crippen molar-refractivity contribution in [1.82, 2.24) is 20.0 Å². The van der Waals surface area contributed by atoms with E-state index in [0.717, 1.165) is 5.69 Å². The van der Waals surface area contributed by atoms with Crippen molar-refractivity contribution in [1.29, 1.82) is 5.26 Å². The lowest BCUT2D eigenvalue weighted by atomic mass is 10.2. The number of carbonyl (C=O) groups is 1. The minimum Gasteiger partial charge on any atom is -0.485 e. The molecule has 0 saturated heterocycles. The summed E-state index contributed by atoms with van der Waals surface area (Å²) >= 11 is 6.11. The van der Waals surface area contributed by atoms with E-state index in [-0.39, 0.29) is 12.3 Å². The van der Waals surface area contributed by atoms with E-state index in [4.69, 9.17) is 27.3 Å². The Morgan fingerprint density at radius 2 is 2.23 bits per heavy atom. The zero-order chi connectivity index (χ0) is 18.8. The van der Waals surface area contributed by atoms with Gasteiger partial charge in [0.25, 0.3) is 5.91 Å². The van der Waals surface area contributed by atoms with E-state index in [1.165, 1.54) is 6.20 Å². The molecule has 9 heteroatoms. The van der Waals surface area contributed by atoms with Crippen LogP contribution in [0.25, 0.3) is 5.69 Å².